The summed E-state index contributed by atoms with van der Waals surface area (Å²) in [7, 11) is 12.3. The Kier molecular flexibility index (Phi) is 12.8. The molecule has 33 heavy (non-hydrogen) atoms. The summed E-state index contributed by atoms with van der Waals surface area (Å²) in [5.41, 5.74) is 6.20. The molecular weight excluding hydrogens is 610 g/mol. The molecule has 0 atom stereocenters. The van der Waals surface area contributed by atoms with Crippen molar-refractivity contribution >= 4 is 71.6 Å². The van der Waals surface area contributed by atoms with Crippen LogP contribution in [0.25, 0.3) is 0 Å². The summed E-state index contributed by atoms with van der Waals surface area (Å²) in [5, 5.41) is 0. The Labute approximate surface area is 224 Å². The topological polar surface area (TPSA) is 26.8 Å². The van der Waals surface area contributed by atoms with Crippen LogP contribution in [0.1, 0.15) is 11.1 Å². The van der Waals surface area contributed by atoms with Crippen molar-refractivity contribution in [3.8, 4) is 0 Å². The van der Waals surface area contributed by atoms with E-state index in [9.17, 15) is 0 Å². The molecule has 0 N–H and O–H groups in total. The van der Waals surface area contributed by atoms with Gasteiger partial charge in [-0.1, -0.05) is 66.0 Å². The highest BCUT2D eigenvalue weighted by molar-refractivity contribution is 9.11. The van der Waals surface area contributed by atoms with E-state index in [-0.39, 0.29) is 0 Å². The predicted octanol–water partition coefficient (Wildman–Crippen LogP) is 7.26. The van der Waals surface area contributed by atoms with Crippen molar-refractivity contribution in [1.82, 2.24) is 0 Å². The number of nitrogens with zero attached hydrogens (tertiary/aromatic N) is 3. The van der Waals surface area contributed by atoms with Gasteiger partial charge in [0.1, 0.15) is 6.79 Å². The smallest absolute Gasteiger partial charge is 0.106 e. The van der Waals surface area contributed by atoms with Gasteiger partial charge in [-0.15, -0.1) is 0 Å². The zero-order valence-electron chi connectivity index (χ0n) is 20.1. The van der Waals surface area contributed by atoms with E-state index in [1.807, 2.05) is 33.0 Å². The molecule has 0 unspecified atom stereocenters. The van der Waals surface area contributed by atoms with E-state index in [1.54, 1.807) is 0 Å². The van der Waals surface area contributed by atoms with Gasteiger partial charge >= 0.3 is 0 Å². The van der Waals surface area contributed by atoms with Gasteiger partial charge < -0.3 is 19.5 Å². The van der Waals surface area contributed by atoms with Gasteiger partial charge in [-0.2, -0.15) is 0 Å². The van der Waals surface area contributed by atoms with E-state index >= 15 is 0 Å². The van der Waals surface area contributed by atoms with Crippen molar-refractivity contribution in [3.05, 3.63) is 85.2 Å². The second kappa shape index (κ2) is 14.4. The van der Waals surface area contributed by atoms with Crippen molar-refractivity contribution in [1.29, 1.82) is 0 Å². The van der Waals surface area contributed by atoms with Crippen LogP contribution in [0.15, 0.2) is 74.1 Å². The maximum atomic E-state index is 8.00. The van der Waals surface area contributed by atoms with E-state index in [2.05, 4.69) is 139 Å². The third-order valence-electron chi connectivity index (χ3n) is 4.81. The number of hydrogen-bond acceptors (Lipinski definition) is 4. The van der Waals surface area contributed by atoms with E-state index in [4.69, 9.17) is 4.79 Å². The minimum atomic E-state index is 0.905. The quantitative estimate of drug-likeness (QED) is 0.293. The van der Waals surface area contributed by atoms with Crippen molar-refractivity contribution < 1.29 is 4.79 Å². The summed E-state index contributed by atoms with van der Waals surface area (Å²) in [6.07, 6.45) is 0.905. The third-order valence-corrected chi connectivity index (χ3v) is 6.78. The summed E-state index contributed by atoms with van der Waals surface area (Å²) < 4.78 is 3.42. The fourth-order valence-electron chi connectivity index (χ4n) is 2.88. The molecular formula is C26H32Br3N3O. The van der Waals surface area contributed by atoms with Gasteiger partial charge in [-0.05, 0) is 60.0 Å². The van der Waals surface area contributed by atoms with Gasteiger partial charge in [-0.25, -0.2) is 0 Å². The third kappa shape index (κ3) is 9.51. The van der Waals surface area contributed by atoms with Crippen molar-refractivity contribution in [2.45, 2.75) is 6.42 Å². The van der Waals surface area contributed by atoms with Crippen LogP contribution in [-0.4, -0.2) is 49.1 Å². The zero-order valence-corrected chi connectivity index (χ0v) is 24.8. The minimum Gasteiger partial charge on any atom is -0.378 e. The van der Waals surface area contributed by atoms with Crippen LogP contribution in [0.2, 0.25) is 0 Å². The molecule has 0 bridgehead atoms. The molecule has 0 aliphatic rings. The lowest BCUT2D eigenvalue weighted by Crippen LogP contribution is -2.09. The highest BCUT2D eigenvalue weighted by atomic mass is 79.9. The average molecular weight is 642 g/mol. The largest absolute Gasteiger partial charge is 0.378 e. The predicted molar refractivity (Wildman–Crippen MR) is 155 cm³/mol. The molecule has 4 nitrogen and oxygen atoms in total. The van der Waals surface area contributed by atoms with E-state index in [0.29, 0.717) is 0 Å². The summed E-state index contributed by atoms with van der Waals surface area (Å²) in [6, 6.07) is 21.2. The number of anilines is 3. The Bertz CT molecular complexity index is 968. The Morgan fingerprint density at radius 2 is 1.00 bits per heavy atom. The van der Waals surface area contributed by atoms with E-state index < -0.39 is 0 Å². The Balaban J connectivity index is 0.000000380. The van der Waals surface area contributed by atoms with E-state index in [1.165, 1.54) is 28.2 Å². The van der Waals surface area contributed by atoms with Crippen molar-refractivity contribution in [3.63, 3.8) is 0 Å². The monoisotopic (exact) mass is 639 g/mol. The Hall–Kier alpha value is -1.83. The Morgan fingerprint density at radius 3 is 1.30 bits per heavy atom. The summed E-state index contributed by atoms with van der Waals surface area (Å²) in [4.78, 5) is 14.3. The van der Waals surface area contributed by atoms with E-state index in [0.717, 1.165) is 19.8 Å². The molecule has 0 saturated carbocycles. The molecule has 178 valence electrons. The standard InChI is InChI=1S/C17H20Br2N2.C8H10BrN.CH2O/c1-20(2)14-7-5-12(16(18)10-14)9-13-6-8-15(21(3)4)11-17(13)19;1-10(2)8-5-3-4-7(9)6-8;1-2/h5-8,10-11H,9H2,1-4H3;3-6H,1-2H3;1H2. The molecule has 0 saturated heterocycles. The highest BCUT2D eigenvalue weighted by Gasteiger charge is 2.08. The van der Waals surface area contributed by atoms with Crippen LogP contribution >= 0.6 is 47.8 Å². The fraction of sp³-hybridized carbons (Fsp3) is 0.269. The van der Waals surface area contributed by atoms with Crippen LogP contribution in [0.3, 0.4) is 0 Å². The number of carbonyl (C=O) groups excluding carboxylic acids is 1. The summed E-state index contributed by atoms with van der Waals surface area (Å²) in [5.74, 6) is 0. The second-order valence-corrected chi connectivity index (χ2v) is 10.5. The first-order chi connectivity index (χ1) is 15.6. The highest BCUT2D eigenvalue weighted by Crippen LogP contribution is 2.29. The number of carbonyl (C=O) groups is 1. The molecule has 0 aliphatic heterocycles. The molecule has 3 rings (SSSR count). The minimum absolute atomic E-state index is 0.905. The normalized spacial score (nSPS) is 9.73. The summed E-state index contributed by atoms with van der Waals surface area (Å²) in [6.45, 7) is 2.00. The molecule has 0 aromatic heterocycles. The second-order valence-electron chi connectivity index (χ2n) is 7.89. The van der Waals surface area contributed by atoms with Gasteiger partial charge in [0.05, 0.1) is 0 Å². The first kappa shape index (κ1) is 29.2. The molecule has 0 radical (unpaired) electrons. The van der Waals surface area contributed by atoms with Gasteiger partial charge in [0, 0.05) is 72.8 Å². The lowest BCUT2D eigenvalue weighted by molar-refractivity contribution is -0.0979. The van der Waals surface area contributed by atoms with Crippen LogP contribution in [0.5, 0.6) is 0 Å². The molecule has 3 aromatic rings. The first-order valence-corrected chi connectivity index (χ1v) is 12.6. The van der Waals surface area contributed by atoms with Gasteiger partial charge in [-0.3, -0.25) is 0 Å². The lowest BCUT2D eigenvalue weighted by atomic mass is 10.0. The number of benzene rings is 3. The molecule has 3 aromatic carbocycles. The average Bonchev–Trinajstić information content (AvgIpc) is 2.78. The lowest BCUT2D eigenvalue weighted by Gasteiger charge is -2.16. The maximum Gasteiger partial charge on any atom is 0.106 e. The van der Waals surface area contributed by atoms with Gasteiger partial charge in [0.15, 0.2) is 0 Å². The summed E-state index contributed by atoms with van der Waals surface area (Å²) >= 11 is 10.8. The van der Waals surface area contributed by atoms with Crippen molar-refractivity contribution in [2.75, 3.05) is 57.0 Å². The first-order valence-electron chi connectivity index (χ1n) is 10.2. The number of halogens is 3. The fourth-order valence-corrected chi connectivity index (χ4v) is 4.28. The Morgan fingerprint density at radius 1 is 0.606 bits per heavy atom. The SMILES string of the molecule is C=O.CN(C)c1ccc(Cc2ccc(N(C)C)cc2Br)c(Br)c1.CN(C)c1cccc(Br)c1. The van der Waals surface area contributed by atoms with Crippen LogP contribution in [0.4, 0.5) is 17.1 Å². The molecule has 0 heterocycles. The van der Waals surface area contributed by atoms with Crippen molar-refractivity contribution in [2.24, 2.45) is 0 Å². The zero-order chi connectivity index (χ0) is 25.1. The van der Waals surface area contributed by atoms with Gasteiger partial charge in [0.25, 0.3) is 0 Å². The number of rotatable bonds is 5. The molecule has 0 amide bonds. The van der Waals surface area contributed by atoms with Crippen LogP contribution in [0, 0.1) is 0 Å². The molecule has 0 fully saturated rings. The molecule has 7 heteroatoms. The van der Waals surface area contributed by atoms with Gasteiger partial charge in [0.2, 0.25) is 0 Å². The number of hydrogen-bond donors (Lipinski definition) is 0. The maximum absolute atomic E-state index is 8.00. The van der Waals surface area contributed by atoms with Crippen LogP contribution in [-0.2, 0) is 11.2 Å². The molecule has 0 spiro atoms. The molecule has 0 aliphatic carbocycles. The van der Waals surface area contributed by atoms with Crippen LogP contribution < -0.4 is 14.7 Å².